The van der Waals surface area contributed by atoms with Crippen molar-refractivity contribution in [3.05, 3.63) is 78.0 Å². The number of carbonyl (C=O) groups is 1. The van der Waals surface area contributed by atoms with Gasteiger partial charge in [-0.3, -0.25) is 9.78 Å². The minimum Gasteiger partial charge on any atom is -0.320 e. The Balaban J connectivity index is 2.11. The van der Waals surface area contributed by atoms with Crippen molar-refractivity contribution < 1.29 is 4.79 Å². The predicted octanol–water partition coefficient (Wildman–Crippen LogP) is 7.87. The van der Waals surface area contributed by atoms with Crippen molar-refractivity contribution >= 4 is 36.1 Å². The summed E-state index contributed by atoms with van der Waals surface area (Å²) in [7, 11) is -1.95. The van der Waals surface area contributed by atoms with Crippen LogP contribution in [0.25, 0.3) is 16.5 Å². The van der Waals surface area contributed by atoms with Crippen molar-refractivity contribution in [3.63, 3.8) is 0 Å². The molecule has 4 heteroatoms. The molecule has 0 aliphatic rings. The summed E-state index contributed by atoms with van der Waals surface area (Å²) >= 11 is 0. The molecule has 0 saturated heterocycles. The number of hydrogen-bond acceptors (Lipinski definition) is 2. The number of allylic oxidation sites excluding steroid dienone is 1. The van der Waals surface area contributed by atoms with Gasteiger partial charge in [-0.1, -0.05) is 96.0 Å². The lowest BCUT2D eigenvalue weighted by Gasteiger charge is -2.38. The number of benzene rings is 2. The van der Waals surface area contributed by atoms with Crippen molar-refractivity contribution in [2.24, 2.45) is 0 Å². The molecule has 3 rings (SSSR count). The standard InChI is InChI=1S/C30H36N2OSi/c1-21(2)34(22(3)4,23(5)6)20-18-27(25-13-9-8-10-14-25)24(7)30(33)32-28-17-11-15-26-16-12-19-31-29(26)28/h8-17,19,21-23H,1-7H3,(H,32,33)/b27-24+. The summed E-state index contributed by atoms with van der Waals surface area (Å²) in [6, 6.07) is 19.8. The molecule has 1 amide bonds. The highest BCUT2D eigenvalue weighted by Crippen LogP contribution is 2.41. The van der Waals surface area contributed by atoms with Crippen LogP contribution in [0.4, 0.5) is 5.69 Å². The van der Waals surface area contributed by atoms with Gasteiger partial charge in [-0.25, -0.2) is 0 Å². The molecule has 0 aliphatic heterocycles. The van der Waals surface area contributed by atoms with E-state index in [2.05, 4.69) is 63.3 Å². The zero-order valence-electron chi connectivity index (χ0n) is 21.4. The van der Waals surface area contributed by atoms with Crippen LogP contribution < -0.4 is 5.32 Å². The highest BCUT2D eigenvalue weighted by Gasteiger charge is 2.41. The smallest absolute Gasteiger partial charge is 0.252 e. The maximum atomic E-state index is 13.4. The predicted molar refractivity (Wildman–Crippen MR) is 148 cm³/mol. The summed E-state index contributed by atoms with van der Waals surface area (Å²) < 4.78 is 0. The number of rotatable bonds is 6. The third-order valence-electron chi connectivity index (χ3n) is 6.93. The van der Waals surface area contributed by atoms with E-state index in [0.29, 0.717) is 27.9 Å². The van der Waals surface area contributed by atoms with Crippen LogP contribution in [0.15, 0.2) is 72.4 Å². The maximum Gasteiger partial charge on any atom is 0.252 e. The van der Waals surface area contributed by atoms with Crippen LogP contribution in [-0.2, 0) is 4.79 Å². The molecule has 0 unspecified atom stereocenters. The van der Waals surface area contributed by atoms with Crippen molar-refractivity contribution in [2.75, 3.05) is 5.32 Å². The molecule has 0 atom stereocenters. The highest BCUT2D eigenvalue weighted by atomic mass is 28.3. The van der Waals surface area contributed by atoms with Gasteiger partial charge >= 0.3 is 0 Å². The first-order valence-corrected chi connectivity index (χ1v) is 14.4. The van der Waals surface area contributed by atoms with Crippen LogP contribution in [-0.4, -0.2) is 19.0 Å². The zero-order chi connectivity index (χ0) is 24.9. The summed E-state index contributed by atoms with van der Waals surface area (Å²) in [5.41, 5.74) is 9.23. The number of para-hydroxylation sites is 1. The van der Waals surface area contributed by atoms with Crippen LogP contribution in [0.2, 0.25) is 16.6 Å². The monoisotopic (exact) mass is 468 g/mol. The van der Waals surface area contributed by atoms with Gasteiger partial charge in [-0.2, -0.15) is 0 Å². The minimum atomic E-state index is -1.95. The van der Waals surface area contributed by atoms with E-state index in [9.17, 15) is 4.79 Å². The lowest BCUT2D eigenvalue weighted by molar-refractivity contribution is -0.112. The Morgan fingerprint density at radius 1 is 0.853 bits per heavy atom. The van der Waals surface area contributed by atoms with Crippen molar-refractivity contribution in [1.29, 1.82) is 0 Å². The molecule has 0 saturated carbocycles. The molecule has 0 bridgehead atoms. The molecule has 0 radical (unpaired) electrons. The van der Waals surface area contributed by atoms with Gasteiger partial charge in [0.1, 0.15) is 8.07 Å². The SMILES string of the molecule is C/C(C(=O)Nc1cccc2cccnc12)=C(/C#C[Si](C(C)C)(C(C)C)C(C)C)c1ccccc1. The number of aromatic nitrogens is 1. The van der Waals surface area contributed by atoms with E-state index in [1.165, 1.54) is 0 Å². The fraction of sp³-hybridized carbons (Fsp3) is 0.333. The first kappa shape index (κ1) is 25.5. The van der Waals surface area contributed by atoms with Crippen LogP contribution in [0, 0.1) is 11.5 Å². The zero-order valence-corrected chi connectivity index (χ0v) is 22.4. The lowest BCUT2D eigenvalue weighted by Crippen LogP contribution is -2.43. The van der Waals surface area contributed by atoms with Gasteiger partial charge in [0.2, 0.25) is 0 Å². The van der Waals surface area contributed by atoms with Gasteiger partial charge in [-0.15, -0.1) is 5.54 Å². The first-order chi connectivity index (χ1) is 16.2. The molecule has 3 aromatic rings. The molecular formula is C30H36N2OSi. The van der Waals surface area contributed by atoms with E-state index in [1.54, 1.807) is 6.20 Å². The fourth-order valence-electron chi connectivity index (χ4n) is 5.13. The molecule has 0 aliphatic carbocycles. The number of carbonyl (C=O) groups excluding carboxylic acids is 1. The van der Waals surface area contributed by atoms with E-state index in [0.717, 1.165) is 22.0 Å². The molecule has 1 heterocycles. The average Bonchev–Trinajstić information content (AvgIpc) is 2.81. The van der Waals surface area contributed by atoms with Crippen LogP contribution in [0.1, 0.15) is 54.0 Å². The average molecular weight is 469 g/mol. The Bertz CT molecular complexity index is 1220. The second-order valence-electron chi connectivity index (χ2n) is 9.85. The van der Waals surface area contributed by atoms with E-state index in [-0.39, 0.29) is 5.91 Å². The molecule has 2 aromatic carbocycles. The number of pyridine rings is 1. The Morgan fingerprint density at radius 2 is 1.47 bits per heavy atom. The third kappa shape index (κ3) is 5.16. The second-order valence-corrected chi connectivity index (χ2v) is 15.4. The molecular weight excluding hydrogens is 432 g/mol. The quantitative estimate of drug-likeness (QED) is 0.227. The van der Waals surface area contributed by atoms with Gasteiger partial charge in [0.15, 0.2) is 0 Å². The molecule has 1 aromatic heterocycles. The number of fused-ring (bicyclic) bond motifs is 1. The number of anilines is 1. The second kappa shape index (κ2) is 10.8. The normalized spacial score (nSPS) is 12.5. The van der Waals surface area contributed by atoms with Gasteiger partial charge in [0.05, 0.1) is 11.2 Å². The molecule has 34 heavy (non-hydrogen) atoms. The number of amides is 1. The van der Waals surface area contributed by atoms with Crippen molar-refractivity contribution in [3.8, 4) is 11.5 Å². The Morgan fingerprint density at radius 3 is 2.09 bits per heavy atom. The van der Waals surface area contributed by atoms with Crippen LogP contribution >= 0.6 is 0 Å². The van der Waals surface area contributed by atoms with Crippen molar-refractivity contribution in [2.45, 2.75) is 65.1 Å². The number of nitrogens with one attached hydrogen (secondary N) is 1. The summed E-state index contributed by atoms with van der Waals surface area (Å²) in [5, 5.41) is 4.08. The van der Waals surface area contributed by atoms with Crippen molar-refractivity contribution in [1.82, 2.24) is 4.98 Å². The fourth-order valence-corrected chi connectivity index (χ4v) is 10.3. The van der Waals surface area contributed by atoms with E-state index in [1.807, 2.05) is 67.6 Å². The molecule has 0 fully saturated rings. The largest absolute Gasteiger partial charge is 0.320 e. The molecule has 176 valence electrons. The topological polar surface area (TPSA) is 42.0 Å². The highest BCUT2D eigenvalue weighted by molar-refractivity contribution is 6.90. The maximum absolute atomic E-state index is 13.4. The van der Waals surface area contributed by atoms with E-state index >= 15 is 0 Å². The Hall–Kier alpha value is -3.16. The summed E-state index contributed by atoms with van der Waals surface area (Å²) in [4.78, 5) is 17.9. The molecule has 3 nitrogen and oxygen atoms in total. The number of nitrogens with zero attached hydrogens (tertiary/aromatic N) is 1. The summed E-state index contributed by atoms with van der Waals surface area (Å²) in [5.74, 6) is 3.38. The first-order valence-electron chi connectivity index (χ1n) is 12.1. The summed E-state index contributed by atoms with van der Waals surface area (Å²) in [6.45, 7) is 15.7. The summed E-state index contributed by atoms with van der Waals surface area (Å²) in [6.07, 6.45) is 1.75. The van der Waals surface area contributed by atoms with E-state index < -0.39 is 8.07 Å². The van der Waals surface area contributed by atoms with Crippen LogP contribution in [0.3, 0.4) is 0 Å². The minimum absolute atomic E-state index is 0.155. The third-order valence-corrected chi connectivity index (χ3v) is 13.2. The van der Waals surface area contributed by atoms with Gasteiger partial charge in [0.25, 0.3) is 5.91 Å². The van der Waals surface area contributed by atoms with Crippen LogP contribution in [0.5, 0.6) is 0 Å². The van der Waals surface area contributed by atoms with Gasteiger partial charge in [-0.05, 0) is 41.2 Å². The number of hydrogen-bond donors (Lipinski definition) is 1. The van der Waals surface area contributed by atoms with Gasteiger partial charge in [0, 0.05) is 22.7 Å². The molecule has 1 N–H and O–H groups in total. The molecule has 0 spiro atoms. The Kier molecular flexibility index (Phi) is 8.12. The van der Waals surface area contributed by atoms with Gasteiger partial charge < -0.3 is 5.32 Å². The lowest BCUT2D eigenvalue weighted by atomic mass is 10.0. The Labute approximate surface area is 205 Å². The van der Waals surface area contributed by atoms with E-state index in [4.69, 9.17) is 0 Å².